The quantitative estimate of drug-likeness (QED) is 0.288. The van der Waals surface area contributed by atoms with E-state index in [4.69, 9.17) is 9.47 Å². The number of carbonyl (C=O) groups excluding carboxylic acids is 2. The molecule has 0 aliphatic heterocycles. The fourth-order valence-electron chi connectivity index (χ4n) is 1.25. The molecular formula is C13H15ClNO4-. The Morgan fingerprint density at radius 1 is 1.11 bits per heavy atom. The van der Waals surface area contributed by atoms with Gasteiger partial charge in [0, 0.05) is 12.4 Å². The summed E-state index contributed by atoms with van der Waals surface area (Å²) in [5.74, 6) is -1.37. The normalized spacial score (nSPS) is 8.95. The zero-order valence-corrected chi connectivity index (χ0v) is 11.5. The van der Waals surface area contributed by atoms with Gasteiger partial charge in [0.1, 0.15) is 5.57 Å². The third-order valence-corrected chi connectivity index (χ3v) is 2.01. The van der Waals surface area contributed by atoms with Crippen LogP contribution in [0.25, 0.3) is 6.08 Å². The number of carbonyl (C=O) groups is 2. The first-order chi connectivity index (χ1) is 8.69. The van der Waals surface area contributed by atoms with Crippen molar-refractivity contribution in [3.8, 4) is 0 Å². The largest absolute Gasteiger partial charge is 1.00 e. The molecule has 5 nitrogen and oxygen atoms in total. The van der Waals surface area contributed by atoms with Crippen LogP contribution in [0.2, 0.25) is 0 Å². The number of rotatable bonds is 5. The predicted octanol–water partition coefficient (Wildman–Crippen LogP) is -1.40. The van der Waals surface area contributed by atoms with Gasteiger partial charge in [-0.1, -0.05) is 0 Å². The zero-order chi connectivity index (χ0) is 13.4. The van der Waals surface area contributed by atoms with E-state index in [-0.39, 0.29) is 31.2 Å². The summed E-state index contributed by atoms with van der Waals surface area (Å²) in [5.41, 5.74) is 0.561. The van der Waals surface area contributed by atoms with Gasteiger partial charge in [-0.15, -0.1) is 0 Å². The number of halogens is 1. The van der Waals surface area contributed by atoms with Crippen molar-refractivity contribution in [2.75, 3.05) is 13.2 Å². The van der Waals surface area contributed by atoms with Crippen LogP contribution < -0.4 is 12.4 Å². The van der Waals surface area contributed by atoms with Crippen LogP contribution in [0, 0.1) is 0 Å². The Hall–Kier alpha value is -1.88. The standard InChI is InChI=1S/C13H15NO4.ClH/c1-3-17-12(15)11(13(16)18-4-2)9-10-5-7-14-8-6-10;/h5-9H,3-4H2,1-2H3;1H/p-1. The van der Waals surface area contributed by atoms with Crippen LogP contribution in [0.5, 0.6) is 0 Å². The SMILES string of the molecule is CCOC(=O)C(=Cc1ccncc1)C(=O)OCC.[Cl-]. The van der Waals surface area contributed by atoms with Crippen molar-refractivity contribution in [3.63, 3.8) is 0 Å². The lowest BCUT2D eigenvalue weighted by atomic mass is 10.1. The average Bonchev–Trinajstić information content (AvgIpc) is 2.37. The molecule has 0 spiro atoms. The van der Waals surface area contributed by atoms with E-state index in [0.29, 0.717) is 5.56 Å². The van der Waals surface area contributed by atoms with E-state index < -0.39 is 11.9 Å². The van der Waals surface area contributed by atoms with Gasteiger partial charge in [-0.25, -0.2) is 9.59 Å². The van der Waals surface area contributed by atoms with Gasteiger partial charge in [0.05, 0.1) is 13.2 Å². The maximum atomic E-state index is 11.7. The van der Waals surface area contributed by atoms with E-state index in [9.17, 15) is 9.59 Å². The average molecular weight is 285 g/mol. The third-order valence-electron chi connectivity index (χ3n) is 2.01. The first-order valence-electron chi connectivity index (χ1n) is 5.65. The molecule has 1 rings (SSSR count). The second-order valence-electron chi connectivity index (χ2n) is 3.28. The minimum absolute atomic E-state index is 0. The van der Waals surface area contributed by atoms with Crippen molar-refractivity contribution in [1.82, 2.24) is 4.98 Å². The summed E-state index contributed by atoms with van der Waals surface area (Å²) in [5, 5.41) is 0. The van der Waals surface area contributed by atoms with Gasteiger partial charge in [0.2, 0.25) is 0 Å². The van der Waals surface area contributed by atoms with Crippen LogP contribution in [0.15, 0.2) is 30.1 Å². The van der Waals surface area contributed by atoms with E-state index in [0.717, 1.165) is 0 Å². The highest BCUT2D eigenvalue weighted by Crippen LogP contribution is 2.09. The molecule has 0 N–H and O–H groups in total. The molecule has 0 bridgehead atoms. The minimum Gasteiger partial charge on any atom is -1.00 e. The van der Waals surface area contributed by atoms with E-state index in [1.165, 1.54) is 6.08 Å². The topological polar surface area (TPSA) is 65.5 Å². The maximum absolute atomic E-state index is 11.7. The fourth-order valence-corrected chi connectivity index (χ4v) is 1.25. The van der Waals surface area contributed by atoms with Crippen LogP contribution in [0.4, 0.5) is 0 Å². The number of nitrogens with zero attached hydrogens (tertiary/aromatic N) is 1. The molecule has 104 valence electrons. The van der Waals surface area contributed by atoms with Gasteiger partial charge in [-0.3, -0.25) is 4.98 Å². The molecule has 0 aliphatic carbocycles. The van der Waals surface area contributed by atoms with Crippen molar-refractivity contribution in [2.45, 2.75) is 13.8 Å². The smallest absolute Gasteiger partial charge is 0.345 e. The van der Waals surface area contributed by atoms with Gasteiger partial charge < -0.3 is 21.9 Å². The number of hydrogen-bond acceptors (Lipinski definition) is 5. The molecule has 6 heteroatoms. The van der Waals surface area contributed by atoms with Crippen LogP contribution >= 0.6 is 0 Å². The fraction of sp³-hybridized carbons (Fsp3) is 0.308. The third kappa shape index (κ3) is 5.52. The Bertz CT molecular complexity index is 425. The number of esters is 2. The molecule has 0 unspecified atom stereocenters. The second kappa shape index (κ2) is 9.10. The summed E-state index contributed by atoms with van der Waals surface area (Å²) in [7, 11) is 0. The van der Waals surface area contributed by atoms with E-state index >= 15 is 0 Å². The summed E-state index contributed by atoms with van der Waals surface area (Å²) in [4.78, 5) is 27.2. The highest BCUT2D eigenvalue weighted by molar-refractivity contribution is 6.17. The van der Waals surface area contributed by atoms with Crippen molar-refractivity contribution in [2.24, 2.45) is 0 Å². The Morgan fingerprint density at radius 2 is 1.58 bits per heavy atom. The van der Waals surface area contributed by atoms with Crippen LogP contribution in [-0.4, -0.2) is 30.1 Å². The molecule has 1 aromatic heterocycles. The van der Waals surface area contributed by atoms with Gasteiger partial charge >= 0.3 is 11.9 Å². The molecule has 0 aromatic carbocycles. The lowest BCUT2D eigenvalue weighted by molar-refractivity contribution is -0.146. The molecule has 1 heterocycles. The van der Waals surface area contributed by atoms with E-state index in [1.54, 1.807) is 38.4 Å². The lowest BCUT2D eigenvalue weighted by Gasteiger charge is -2.06. The molecular weight excluding hydrogens is 270 g/mol. The van der Waals surface area contributed by atoms with Crippen molar-refractivity contribution in [3.05, 3.63) is 35.7 Å². The summed E-state index contributed by atoms with van der Waals surface area (Å²) in [6.07, 6.45) is 4.57. The molecule has 0 aliphatic rings. The highest BCUT2D eigenvalue weighted by atomic mass is 35.5. The molecule has 19 heavy (non-hydrogen) atoms. The zero-order valence-electron chi connectivity index (χ0n) is 10.8. The van der Waals surface area contributed by atoms with Crippen molar-refractivity contribution >= 4 is 18.0 Å². The summed E-state index contributed by atoms with van der Waals surface area (Å²) in [6, 6.07) is 3.36. The highest BCUT2D eigenvalue weighted by Gasteiger charge is 2.20. The summed E-state index contributed by atoms with van der Waals surface area (Å²) in [6.45, 7) is 3.75. The number of pyridine rings is 1. The van der Waals surface area contributed by atoms with E-state index in [2.05, 4.69) is 4.98 Å². The van der Waals surface area contributed by atoms with Crippen LogP contribution in [-0.2, 0) is 19.1 Å². The Balaban J connectivity index is 0.00000324. The van der Waals surface area contributed by atoms with Gasteiger partial charge in [-0.05, 0) is 37.6 Å². The Kier molecular flexibility index (Phi) is 8.20. The van der Waals surface area contributed by atoms with Gasteiger partial charge in [0.15, 0.2) is 0 Å². The molecule has 1 aromatic rings. The van der Waals surface area contributed by atoms with Gasteiger partial charge in [0.25, 0.3) is 0 Å². The molecule has 0 saturated heterocycles. The lowest BCUT2D eigenvalue weighted by Crippen LogP contribution is -3.00. The summed E-state index contributed by atoms with van der Waals surface area (Å²) < 4.78 is 9.64. The molecule has 0 radical (unpaired) electrons. The monoisotopic (exact) mass is 284 g/mol. The molecule has 0 saturated carbocycles. The molecule has 0 atom stereocenters. The summed E-state index contributed by atoms with van der Waals surface area (Å²) >= 11 is 0. The second-order valence-corrected chi connectivity index (χ2v) is 3.28. The van der Waals surface area contributed by atoms with Crippen molar-refractivity contribution < 1.29 is 31.5 Å². The Labute approximate surface area is 118 Å². The molecule has 0 amide bonds. The maximum Gasteiger partial charge on any atom is 0.345 e. The first kappa shape index (κ1) is 17.1. The Morgan fingerprint density at radius 3 is 2.00 bits per heavy atom. The van der Waals surface area contributed by atoms with Crippen LogP contribution in [0.3, 0.4) is 0 Å². The number of aromatic nitrogens is 1. The van der Waals surface area contributed by atoms with Crippen LogP contribution in [0.1, 0.15) is 19.4 Å². The van der Waals surface area contributed by atoms with Gasteiger partial charge in [-0.2, -0.15) is 0 Å². The minimum atomic E-state index is -0.687. The predicted molar refractivity (Wildman–Crippen MR) is 65.5 cm³/mol. The number of ether oxygens (including phenoxy) is 2. The molecule has 0 fully saturated rings. The number of hydrogen-bond donors (Lipinski definition) is 0. The van der Waals surface area contributed by atoms with Crippen molar-refractivity contribution in [1.29, 1.82) is 0 Å². The van der Waals surface area contributed by atoms with E-state index in [1.807, 2.05) is 0 Å². The first-order valence-corrected chi connectivity index (χ1v) is 5.65.